The second-order valence-electron chi connectivity index (χ2n) is 11.9. The summed E-state index contributed by atoms with van der Waals surface area (Å²) < 4.78 is 6.21. The number of H-pyrrole nitrogens is 1. The topological polar surface area (TPSA) is 88.1 Å². The number of hydrogen-bond donors (Lipinski definition) is 2. The normalized spacial score (nSPS) is 26.2. The summed E-state index contributed by atoms with van der Waals surface area (Å²) in [5, 5.41) is 10.0. The second-order valence-corrected chi connectivity index (χ2v) is 11.9. The number of nitrogens with zero attached hydrogens (tertiary/aromatic N) is 2. The van der Waals surface area contributed by atoms with Crippen LogP contribution in [-0.2, 0) is 11.2 Å². The van der Waals surface area contributed by atoms with Crippen LogP contribution >= 0.6 is 0 Å². The number of imidazole rings is 1. The van der Waals surface area contributed by atoms with Crippen molar-refractivity contribution in [2.75, 3.05) is 6.61 Å². The number of hydrogen-bond acceptors (Lipinski definition) is 5. The SMILES string of the molecule is Cc1cnc(C(=O)Cc2ccc([C@H]3CC(C)(C)O[C@](C)(CO)C3)nc2C2=CCC(C)(C)CC2)[nH]1. The maximum atomic E-state index is 13.0. The van der Waals surface area contributed by atoms with E-state index in [-0.39, 0.29) is 35.7 Å². The Balaban J connectivity index is 1.70. The van der Waals surface area contributed by atoms with Crippen molar-refractivity contribution in [2.24, 2.45) is 5.41 Å². The first-order valence-corrected chi connectivity index (χ1v) is 12.4. The summed E-state index contributed by atoms with van der Waals surface area (Å²) in [6.07, 6.45) is 8.88. The van der Waals surface area contributed by atoms with Crippen molar-refractivity contribution in [2.45, 2.75) is 97.2 Å². The van der Waals surface area contributed by atoms with Gasteiger partial charge < -0.3 is 14.8 Å². The molecule has 0 spiro atoms. The van der Waals surface area contributed by atoms with E-state index in [1.165, 1.54) is 5.57 Å². The van der Waals surface area contributed by atoms with Gasteiger partial charge in [0.25, 0.3) is 0 Å². The minimum absolute atomic E-state index is 0.0187. The minimum atomic E-state index is -0.589. The van der Waals surface area contributed by atoms with Crippen molar-refractivity contribution < 1.29 is 14.6 Å². The van der Waals surface area contributed by atoms with Crippen LogP contribution in [0.4, 0.5) is 0 Å². The van der Waals surface area contributed by atoms with E-state index in [9.17, 15) is 9.90 Å². The van der Waals surface area contributed by atoms with Crippen LogP contribution in [0.1, 0.15) is 106 Å². The van der Waals surface area contributed by atoms with Crippen molar-refractivity contribution in [3.63, 3.8) is 0 Å². The summed E-state index contributed by atoms with van der Waals surface area (Å²) in [6.45, 7) is 12.6. The first-order chi connectivity index (χ1) is 15.9. The van der Waals surface area contributed by atoms with E-state index in [0.29, 0.717) is 5.82 Å². The number of ether oxygens (including phenoxy) is 1. The maximum Gasteiger partial charge on any atom is 0.202 e. The molecule has 2 aromatic heterocycles. The zero-order valence-corrected chi connectivity index (χ0v) is 21.5. The smallest absolute Gasteiger partial charge is 0.202 e. The van der Waals surface area contributed by atoms with Crippen molar-refractivity contribution in [1.29, 1.82) is 0 Å². The highest BCUT2D eigenvalue weighted by atomic mass is 16.5. The van der Waals surface area contributed by atoms with Crippen molar-refractivity contribution in [3.05, 3.63) is 52.9 Å². The summed E-state index contributed by atoms with van der Waals surface area (Å²) in [5.74, 6) is 0.551. The Hall–Kier alpha value is -2.31. The first-order valence-electron chi connectivity index (χ1n) is 12.4. The molecule has 1 aliphatic heterocycles. The van der Waals surface area contributed by atoms with E-state index in [0.717, 1.165) is 54.7 Å². The lowest BCUT2D eigenvalue weighted by molar-refractivity contribution is -0.187. The number of aliphatic hydroxyl groups is 1. The Morgan fingerprint density at radius 3 is 2.59 bits per heavy atom. The highest BCUT2D eigenvalue weighted by Crippen LogP contribution is 2.44. The highest BCUT2D eigenvalue weighted by molar-refractivity contribution is 5.94. The molecule has 184 valence electrons. The molecule has 1 aliphatic carbocycles. The number of nitrogens with one attached hydrogen (secondary N) is 1. The number of Topliss-reactive ketones (excluding diaryl/α,β-unsaturated/α-hetero) is 1. The molecule has 1 saturated heterocycles. The van der Waals surface area contributed by atoms with Crippen LogP contribution in [0.3, 0.4) is 0 Å². The standard InChI is InChI=1S/C28H39N3O3/c1-18-16-29-25(30-18)23(33)13-20-7-8-22(21-14-27(4,5)34-28(6,15-21)17-32)31-24(20)19-9-11-26(2,3)12-10-19/h7-9,16,21,32H,10-15,17H2,1-6H3,(H,29,30)/t21-,28-/m0/s1. The monoisotopic (exact) mass is 465 g/mol. The number of aryl methyl sites for hydroxylation is 1. The molecule has 2 atom stereocenters. The summed E-state index contributed by atoms with van der Waals surface area (Å²) >= 11 is 0. The van der Waals surface area contributed by atoms with Crippen LogP contribution in [0, 0.1) is 12.3 Å². The fraction of sp³-hybridized carbons (Fsp3) is 0.607. The summed E-state index contributed by atoms with van der Waals surface area (Å²) in [4.78, 5) is 25.5. The van der Waals surface area contributed by atoms with E-state index in [2.05, 4.69) is 55.9 Å². The molecule has 0 aromatic carbocycles. The number of rotatable bonds is 6. The predicted molar refractivity (Wildman–Crippen MR) is 134 cm³/mol. The molecule has 2 N–H and O–H groups in total. The predicted octanol–water partition coefficient (Wildman–Crippen LogP) is 5.56. The number of aromatic nitrogens is 3. The van der Waals surface area contributed by atoms with Gasteiger partial charge in [-0.1, -0.05) is 26.0 Å². The van der Waals surface area contributed by atoms with E-state index in [1.807, 2.05) is 13.8 Å². The van der Waals surface area contributed by atoms with Gasteiger partial charge in [-0.05, 0) is 82.4 Å². The number of ketones is 1. The van der Waals surface area contributed by atoms with Crippen LogP contribution in [0.2, 0.25) is 0 Å². The molecule has 34 heavy (non-hydrogen) atoms. The Morgan fingerprint density at radius 2 is 1.97 bits per heavy atom. The Morgan fingerprint density at radius 1 is 1.21 bits per heavy atom. The second kappa shape index (κ2) is 9.04. The first kappa shape index (κ1) is 24.8. The van der Waals surface area contributed by atoms with E-state index < -0.39 is 5.60 Å². The third-order valence-corrected chi connectivity index (χ3v) is 7.29. The fourth-order valence-electron chi connectivity index (χ4n) is 5.50. The molecular weight excluding hydrogens is 426 g/mol. The minimum Gasteiger partial charge on any atom is -0.393 e. The summed E-state index contributed by atoms with van der Waals surface area (Å²) in [6, 6.07) is 4.14. The van der Waals surface area contributed by atoms with Gasteiger partial charge in [0.05, 0.1) is 23.5 Å². The van der Waals surface area contributed by atoms with Crippen LogP contribution in [0.15, 0.2) is 24.4 Å². The van der Waals surface area contributed by atoms with Gasteiger partial charge in [0.1, 0.15) is 0 Å². The molecule has 0 saturated carbocycles. The van der Waals surface area contributed by atoms with Crippen LogP contribution in [-0.4, -0.2) is 43.7 Å². The van der Waals surface area contributed by atoms with Crippen LogP contribution < -0.4 is 0 Å². The van der Waals surface area contributed by atoms with Crippen molar-refractivity contribution in [1.82, 2.24) is 15.0 Å². The average molecular weight is 466 g/mol. The number of aromatic amines is 1. The third-order valence-electron chi connectivity index (χ3n) is 7.29. The molecule has 2 aliphatic rings. The lowest BCUT2D eigenvalue weighted by Gasteiger charge is -2.46. The molecule has 4 rings (SSSR count). The Labute approximate surface area is 203 Å². The number of pyridine rings is 1. The van der Waals surface area contributed by atoms with Gasteiger partial charge in [-0.15, -0.1) is 0 Å². The summed E-state index contributed by atoms with van der Waals surface area (Å²) in [7, 11) is 0. The molecule has 6 heteroatoms. The number of aliphatic hydroxyl groups excluding tert-OH is 1. The molecule has 6 nitrogen and oxygen atoms in total. The molecule has 0 unspecified atom stereocenters. The molecule has 0 bridgehead atoms. The highest BCUT2D eigenvalue weighted by Gasteiger charge is 2.43. The Kier molecular flexibility index (Phi) is 6.60. The van der Waals surface area contributed by atoms with Crippen molar-refractivity contribution >= 4 is 11.4 Å². The molecular formula is C28H39N3O3. The fourth-order valence-corrected chi connectivity index (χ4v) is 5.50. The van der Waals surface area contributed by atoms with Crippen LogP contribution in [0.25, 0.3) is 5.57 Å². The van der Waals surface area contributed by atoms with Gasteiger partial charge in [-0.2, -0.15) is 0 Å². The molecule has 0 amide bonds. The molecule has 3 heterocycles. The maximum absolute atomic E-state index is 13.0. The zero-order chi connectivity index (χ0) is 24.7. The average Bonchev–Trinajstić information content (AvgIpc) is 3.19. The number of carbonyl (C=O) groups excluding carboxylic acids is 1. The van der Waals surface area contributed by atoms with Crippen molar-refractivity contribution in [3.8, 4) is 0 Å². The molecule has 1 fully saturated rings. The largest absolute Gasteiger partial charge is 0.393 e. The van der Waals surface area contributed by atoms with Gasteiger partial charge in [0, 0.05) is 29.9 Å². The van der Waals surface area contributed by atoms with Gasteiger partial charge in [0.15, 0.2) is 5.82 Å². The van der Waals surface area contributed by atoms with Gasteiger partial charge in [0.2, 0.25) is 5.78 Å². The lowest BCUT2D eigenvalue weighted by Crippen LogP contribution is -2.48. The zero-order valence-electron chi connectivity index (χ0n) is 21.5. The van der Waals surface area contributed by atoms with E-state index in [1.54, 1.807) is 6.20 Å². The van der Waals surface area contributed by atoms with Gasteiger partial charge >= 0.3 is 0 Å². The van der Waals surface area contributed by atoms with E-state index >= 15 is 0 Å². The number of carbonyl (C=O) groups is 1. The summed E-state index contributed by atoms with van der Waals surface area (Å²) in [5.41, 5.74) is 4.37. The molecule has 0 radical (unpaired) electrons. The lowest BCUT2D eigenvalue weighted by atomic mass is 9.76. The third kappa shape index (κ3) is 5.49. The van der Waals surface area contributed by atoms with Gasteiger partial charge in [-0.3, -0.25) is 9.78 Å². The van der Waals surface area contributed by atoms with Gasteiger partial charge in [-0.25, -0.2) is 4.98 Å². The molecule has 2 aromatic rings. The quantitative estimate of drug-likeness (QED) is 0.546. The Bertz CT molecular complexity index is 1100. The van der Waals surface area contributed by atoms with Crippen LogP contribution in [0.5, 0.6) is 0 Å². The number of allylic oxidation sites excluding steroid dienone is 2. The van der Waals surface area contributed by atoms with E-state index in [4.69, 9.17) is 9.72 Å².